The highest BCUT2D eigenvalue weighted by Crippen LogP contribution is 2.20. The number of hydrogen-bond donors (Lipinski definition) is 2. The number of amides is 1. The first-order valence-electron chi connectivity index (χ1n) is 5.54. The molecule has 0 aromatic heterocycles. The fraction of sp³-hybridized carbons (Fsp3) is 0.462. The van der Waals surface area contributed by atoms with Crippen LogP contribution in [0.25, 0.3) is 0 Å². The fourth-order valence-electron chi connectivity index (χ4n) is 1.28. The molecule has 0 spiro atoms. The number of hydrogen-bond acceptors (Lipinski definition) is 2. The Hall–Kier alpha value is -0.620. The van der Waals surface area contributed by atoms with Gasteiger partial charge in [-0.15, -0.1) is 0 Å². The zero-order valence-corrected chi connectivity index (χ0v) is 12.8. The van der Waals surface area contributed by atoms with Crippen molar-refractivity contribution >= 4 is 34.2 Å². The molecule has 0 aliphatic heterocycles. The Labute approximate surface area is 116 Å². The highest BCUT2D eigenvalue weighted by atomic mass is 127. The number of nitrogens with two attached hydrogens (primary N) is 1. The van der Waals surface area contributed by atoms with Crippen LogP contribution in [0.1, 0.15) is 26.3 Å². The van der Waals surface area contributed by atoms with Crippen molar-refractivity contribution in [3.8, 4) is 0 Å². The van der Waals surface area contributed by atoms with Crippen molar-refractivity contribution in [1.29, 1.82) is 0 Å². The first-order valence-corrected chi connectivity index (χ1v) is 6.62. The predicted octanol–water partition coefficient (Wildman–Crippen LogP) is 2.91. The van der Waals surface area contributed by atoms with Gasteiger partial charge in [0.25, 0.3) is 0 Å². The molecule has 1 rings (SSSR count). The third kappa shape index (κ3) is 3.96. The van der Waals surface area contributed by atoms with E-state index in [2.05, 4.69) is 27.9 Å². The van der Waals surface area contributed by atoms with Crippen LogP contribution in [0.4, 0.5) is 5.69 Å². The van der Waals surface area contributed by atoms with Crippen LogP contribution in [0.5, 0.6) is 0 Å². The summed E-state index contributed by atoms with van der Waals surface area (Å²) in [6.07, 6.45) is 0. The Morgan fingerprint density at radius 3 is 2.47 bits per heavy atom. The molecule has 94 valence electrons. The van der Waals surface area contributed by atoms with Gasteiger partial charge in [-0.25, -0.2) is 0 Å². The smallest absolute Gasteiger partial charge is 0.241 e. The quantitative estimate of drug-likeness (QED) is 0.809. The van der Waals surface area contributed by atoms with E-state index in [-0.39, 0.29) is 11.3 Å². The van der Waals surface area contributed by atoms with Gasteiger partial charge in [-0.05, 0) is 52.6 Å². The molecule has 4 heteroatoms. The number of halogens is 1. The van der Waals surface area contributed by atoms with Gasteiger partial charge >= 0.3 is 0 Å². The van der Waals surface area contributed by atoms with E-state index < -0.39 is 6.04 Å². The first-order chi connectivity index (χ1) is 7.71. The summed E-state index contributed by atoms with van der Waals surface area (Å²) < 4.78 is 1.13. The summed E-state index contributed by atoms with van der Waals surface area (Å²) in [6.45, 7) is 7.90. The Morgan fingerprint density at radius 2 is 2.00 bits per heavy atom. The SMILES string of the molecule is Cc1ccc(NC(=O)C(N)C(C)(C)C)cc1I. The van der Waals surface area contributed by atoms with Crippen molar-refractivity contribution in [3.05, 3.63) is 27.3 Å². The molecule has 0 radical (unpaired) electrons. The number of rotatable bonds is 2. The molecule has 0 saturated heterocycles. The van der Waals surface area contributed by atoms with E-state index in [9.17, 15) is 4.79 Å². The highest BCUT2D eigenvalue weighted by Gasteiger charge is 2.27. The zero-order chi connectivity index (χ0) is 13.2. The van der Waals surface area contributed by atoms with Gasteiger partial charge in [-0.1, -0.05) is 26.8 Å². The maximum absolute atomic E-state index is 11.9. The molecule has 0 heterocycles. The van der Waals surface area contributed by atoms with E-state index in [1.165, 1.54) is 5.56 Å². The van der Waals surface area contributed by atoms with Crippen LogP contribution in [0.2, 0.25) is 0 Å². The summed E-state index contributed by atoms with van der Waals surface area (Å²) in [7, 11) is 0. The topological polar surface area (TPSA) is 55.1 Å². The van der Waals surface area contributed by atoms with Crippen LogP contribution in [0, 0.1) is 15.9 Å². The second-order valence-corrected chi connectivity index (χ2v) is 6.46. The molecule has 1 aromatic rings. The summed E-state index contributed by atoms with van der Waals surface area (Å²) in [4.78, 5) is 11.9. The molecule has 1 amide bonds. The average Bonchev–Trinajstić information content (AvgIpc) is 2.21. The van der Waals surface area contributed by atoms with Crippen LogP contribution in [-0.4, -0.2) is 11.9 Å². The number of carbonyl (C=O) groups is 1. The number of nitrogens with one attached hydrogen (secondary N) is 1. The monoisotopic (exact) mass is 346 g/mol. The minimum atomic E-state index is -0.513. The van der Waals surface area contributed by atoms with Gasteiger partial charge < -0.3 is 11.1 Å². The maximum atomic E-state index is 11.9. The third-order valence-corrected chi connectivity index (χ3v) is 3.82. The molecule has 0 aliphatic rings. The lowest BCUT2D eigenvalue weighted by atomic mass is 9.87. The van der Waals surface area contributed by atoms with Gasteiger partial charge in [0.05, 0.1) is 6.04 Å². The molecule has 0 aliphatic carbocycles. The Morgan fingerprint density at radius 1 is 1.41 bits per heavy atom. The standard InChI is InChI=1S/C13H19IN2O/c1-8-5-6-9(7-10(8)14)16-12(17)11(15)13(2,3)4/h5-7,11H,15H2,1-4H3,(H,16,17). The van der Waals surface area contributed by atoms with E-state index in [4.69, 9.17) is 5.73 Å². The maximum Gasteiger partial charge on any atom is 0.241 e. The molecule has 3 N–H and O–H groups in total. The van der Waals surface area contributed by atoms with Gasteiger partial charge in [0.2, 0.25) is 5.91 Å². The van der Waals surface area contributed by atoms with Crippen LogP contribution in [-0.2, 0) is 4.79 Å². The molecule has 1 unspecified atom stereocenters. The highest BCUT2D eigenvalue weighted by molar-refractivity contribution is 14.1. The normalized spacial score (nSPS) is 13.3. The summed E-state index contributed by atoms with van der Waals surface area (Å²) in [5.41, 5.74) is 7.66. The lowest BCUT2D eigenvalue weighted by Crippen LogP contribution is -2.45. The first kappa shape index (κ1) is 14.4. The van der Waals surface area contributed by atoms with Crippen molar-refractivity contribution in [2.24, 2.45) is 11.1 Å². The van der Waals surface area contributed by atoms with Crippen molar-refractivity contribution < 1.29 is 4.79 Å². The van der Waals surface area contributed by atoms with Crippen molar-refractivity contribution in [3.63, 3.8) is 0 Å². The van der Waals surface area contributed by atoms with E-state index in [1.54, 1.807) is 0 Å². The Kier molecular flexibility index (Phi) is 4.55. The van der Waals surface area contributed by atoms with Crippen LogP contribution < -0.4 is 11.1 Å². The minimum Gasteiger partial charge on any atom is -0.325 e. The van der Waals surface area contributed by atoms with E-state index in [0.717, 1.165) is 9.26 Å². The summed E-state index contributed by atoms with van der Waals surface area (Å²) in [5, 5.41) is 2.85. The lowest BCUT2D eigenvalue weighted by Gasteiger charge is -2.25. The summed E-state index contributed by atoms with van der Waals surface area (Å²) in [5.74, 6) is -0.142. The molecule has 0 saturated carbocycles. The van der Waals surface area contributed by atoms with E-state index in [1.807, 2.05) is 45.9 Å². The predicted molar refractivity (Wildman–Crippen MR) is 80.0 cm³/mol. The summed E-state index contributed by atoms with van der Waals surface area (Å²) >= 11 is 2.25. The van der Waals surface area contributed by atoms with Gasteiger partial charge in [-0.3, -0.25) is 4.79 Å². The molecule has 0 bridgehead atoms. The van der Waals surface area contributed by atoms with E-state index >= 15 is 0 Å². The number of benzene rings is 1. The largest absolute Gasteiger partial charge is 0.325 e. The van der Waals surface area contributed by atoms with Crippen molar-refractivity contribution in [1.82, 2.24) is 0 Å². The number of anilines is 1. The Bertz CT molecular complexity index is 424. The average molecular weight is 346 g/mol. The molecular formula is C13H19IN2O. The number of aryl methyl sites for hydroxylation is 1. The van der Waals surface area contributed by atoms with E-state index in [0.29, 0.717) is 0 Å². The number of carbonyl (C=O) groups excluding carboxylic acids is 1. The molecule has 17 heavy (non-hydrogen) atoms. The third-order valence-electron chi connectivity index (χ3n) is 2.65. The second kappa shape index (κ2) is 5.35. The minimum absolute atomic E-state index is 0.142. The molecule has 1 aromatic carbocycles. The van der Waals surface area contributed by atoms with Gasteiger partial charge in [-0.2, -0.15) is 0 Å². The molecule has 1 atom stereocenters. The van der Waals surface area contributed by atoms with Crippen LogP contribution in [0.15, 0.2) is 18.2 Å². The van der Waals surface area contributed by atoms with Crippen LogP contribution >= 0.6 is 22.6 Å². The zero-order valence-electron chi connectivity index (χ0n) is 10.7. The second-order valence-electron chi connectivity index (χ2n) is 5.30. The summed E-state index contributed by atoms with van der Waals surface area (Å²) in [6, 6.07) is 5.31. The van der Waals surface area contributed by atoms with Gasteiger partial charge in [0.15, 0.2) is 0 Å². The fourth-order valence-corrected chi connectivity index (χ4v) is 1.80. The molecule has 0 fully saturated rings. The van der Waals surface area contributed by atoms with Crippen LogP contribution in [0.3, 0.4) is 0 Å². The van der Waals surface area contributed by atoms with Crippen molar-refractivity contribution in [2.75, 3.05) is 5.32 Å². The molecule has 3 nitrogen and oxygen atoms in total. The van der Waals surface area contributed by atoms with Gasteiger partial charge in [0.1, 0.15) is 0 Å². The Balaban J connectivity index is 2.78. The van der Waals surface area contributed by atoms with Gasteiger partial charge in [0, 0.05) is 9.26 Å². The lowest BCUT2D eigenvalue weighted by molar-refractivity contribution is -0.119. The van der Waals surface area contributed by atoms with Crippen molar-refractivity contribution in [2.45, 2.75) is 33.7 Å². The molecular weight excluding hydrogens is 327 g/mol.